The molecular formula is C18H26O6. The molecule has 2 aliphatic carbocycles. The molecule has 0 bridgehead atoms. The van der Waals surface area contributed by atoms with E-state index in [-0.39, 0.29) is 18.0 Å². The highest BCUT2D eigenvalue weighted by atomic mass is 16.6. The van der Waals surface area contributed by atoms with Gasteiger partial charge in [0.1, 0.15) is 0 Å². The number of fused-ring (bicyclic) bond motifs is 2. The first-order chi connectivity index (χ1) is 11.4. The van der Waals surface area contributed by atoms with Crippen LogP contribution in [0.5, 0.6) is 0 Å². The third-order valence-corrected chi connectivity index (χ3v) is 5.75. The molecule has 24 heavy (non-hydrogen) atoms. The monoisotopic (exact) mass is 338 g/mol. The lowest BCUT2D eigenvalue weighted by Gasteiger charge is -2.27. The fourth-order valence-corrected chi connectivity index (χ4v) is 4.00. The van der Waals surface area contributed by atoms with Crippen molar-refractivity contribution in [2.75, 3.05) is 6.61 Å². The second-order valence-corrected chi connectivity index (χ2v) is 8.14. The summed E-state index contributed by atoms with van der Waals surface area (Å²) < 4.78 is 21.9. The Morgan fingerprint density at radius 3 is 2.29 bits per heavy atom. The number of hydrogen-bond donors (Lipinski definition) is 0. The Labute approximate surface area is 142 Å². The van der Waals surface area contributed by atoms with Crippen molar-refractivity contribution in [3.63, 3.8) is 0 Å². The van der Waals surface area contributed by atoms with Crippen LogP contribution >= 0.6 is 0 Å². The van der Waals surface area contributed by atoms with Crippen molar-refractivity contribution in [1.29, 1.82) is 0 Å². The van der Waals surface area contributed by atoms with Crippen LogP contribution in [-0.2, 0) is 28.5 Å². The molecule has 4 rings (SSSR count). The molecular weight excluding hydrogens is 312 g/mol. The van der Waals surface area contributed by atoms with Gasteiger partial charge < -0.3 is 18.9 Å². The number of carbonyl (C=O) groups is 2. The number of rotatable bonds is 5. The summed E-state index contributed by atoms with van der Waals surface area (Å²) in [6, 6.07) is 0. The Kier molecular flexibility index (Phi) is 4.07. The molecule has 0 radical (unpaired) electrons. The fraction of sp³-hybridized carbons (Fsp3) is 0.889. The van der Waals surface area contributed by atoms with E-state index in [1.807, 2.05) is 0 Å². The minimum atomic E-state index is -1.24. The average molecular weight is 338 g/mol. The number of ether oxygens (including phenoxy) is 4. The number of esters is 2. The maximum atomic E-state index is 12.3. The highest BCUT2D eigenvalue weighted by Crippen LogP contribution is 2.41. The van der Waals surface area contributed by atoms with E-state index in [0.29, 0.717) is 37.3 Å². The Balaban J connectivity index is 1.23. The van der Waals surface area contributed by atoms with Gasteiger partial charge in [0.15, 0.2) is 0 Å². The van der Waals surface area contributed by atoms with Gasteiger partial charge >= 0.3 is 11.9 Å². The summed E-state index contributed by atoms with van der Waals surface area (Å²) in [6.45, 7) is 3.59. The molecule has 2 saturated heterocycles. The molecule has 6 nitrogen and oxygen atoms in total. The summed E-state index contributed by atoms with van der Waals surface area (Å²) in [5, 5.41) is 0. The van der Waals surface area contributed by atoms with Crippen LogP contribution in [0.25, 0.3) is 0 Å². The molecule has 0 amide bonds. The number of hydrogen-bond acceptors (Lipinski definition) is 6. The Bertz CT molecular complexity index is 530. The molecule has 6 atom stereocenters. The van der Waals surface area contributed by atoms with E-state index in [2.05, 4.69) is 0 Å². The zero-order chi connectivity index (χ0) is 16.9. The molecule has 6 heteroatoms. The quantitative estimate of drug-likeness (QED) is 0.563. The lowest BCUT2D eigenvalue weighted by molar-refractivity contribution is -0.182. The topological polar surface area (TPSA) is 77.7 Å². The lowest BCUT2D eigenvalue weighted by atomic mass is 9.89. The molecule has 0 aromatic rings. The van der Waals surface area contributed by atoms with Gasteiger partial charge in [0, 0.05) is 0 Å². The van der Waals surface area contributed by atoms with E-state index < -0.39 is 11.6 Å². The first-order valence-electron chi connectivity index (χ1n) is 9.13. The molecule has 0 N–H and O–H groups in total. The van der Waals surface area contributed by atoms with Gasteiger partial charge in [-0.3, -0.25) is 4.79 Å². The normalized spacial score (nSPS) is 40.1. The smallest absolute Gasteiger partial charge is 0.350 e. The maximum absolute atomic E-state index is 12.3. The highest BCUT2D eigenvalue weighted by Gasteiger charge is 2.48. The third kappa shape index (κ3) is 3.45. The van der Waals surface area contributed by atoms with Crippen LogP contribution in [0.3, 0.4) is 0 Å². The molecule has 4 fully saturated rings. The minimum absolute atomic E-state index is 0.164. The Morgan fingerprint density at radius 2 is 1.62 bits per heavy atom. The van der Waals surface area contributed by atoms with Crippen LogP contribution in [0, 0.1) is 11.8 Å². The molecule has 6 unspecified atom stereocenters. The first kappa shape index (κ1) is 16.3. The summed E-state index contributed by atoms with van der Waals surface area (Å²) in [4.78, 5) is 24.7. The van der Waals surface area contributed by atoms with Gasteiger partial charge in [-0.25, -0.2) is 4.79 Å². The van der Waals surface area contributed by atoms with Crippen LogP contribution in [0.15, 0.2) is 0 Å². The van der Waals surface area contributed by atoms with E-state index in [0.717, 1.165) is 32.1 Å². The van der Waals surface area contributed by atoms with Gasteiger partial charge in [-0.05, 0) is 58.3 Å². The van der Waals surface area contributed by atoms with E-state index >= 15 is 0 Å². The molecule has 134 valence electrons. The second-order valence-electron chi connectivity index (χ2n) is 8.14. The SMILES string of the molecule is CC(C)(OC(=O)C1CCC2OC2C1)C(=O)OCC1CCC2OC2C1. The highest BCUT2D eigenvalue weighted by molar-refractivity contribution is 5.83. The van der Waals surface area contributed by atoms with Crippen molar-refractivity contribution in [2.24, 2.45) is 11.8 Å². The van der Waals surface area contributed by atoms with Crippen LogP contribution in [-0.4, -0.2) is 48.6 Å². The lowest BCUT2D eigenvalue weighted by Crippen LogP contribution is -2.41. The van der Waals surface area contributed by atoms with E-state index in [1.165, 1.54) is 0 Å². The zero-order valence-electron chi connectivity index (χ0n) is 14.4. The van der Waals surface area contributed by atoms with Gasteiger partial charge in [-0.1, -0.05) is 0 Å². The number of epoxide rings is 2. The second kappa shape index (κ2) is 5.99. The number of carbonyl (C=O) groups excluding carboxylic acids is 2. The molecule has 2 saturated carbocycles. The molecule has 2 aliphatic heterocycles. The first-order valence-corrected chi connectivity index (χ1v) is 9.13. The molecule has 2 heterocycles. The summed E-state index contributed by atoms with van der Waals surface area (Å²) in [7, 11) is 0. The van der Waals surface area contributed by atoms with Gasteiger partial charge in [0.2, 0.25) is 5.60 Å². The maximum Gasteiger partial charge on any atom is 0.350 e. The van der Waals surface area contributed by atoms with Gasteiger partial charge in [-0.15, -0.1) is 0 Å². The fourth-order valence-electron chi connectivity index (χ4n) is 4.00. The van der Waals surface area contributed by atoms with E-state index in [9.17, 15) is 9.59 Å². The third-order valence-electron chi connectivity index (χ3n) is 5.75. The molecule has 4 aliphatic rings. The van der Waals surface area contributed by atoms with Crippen molar-refractivity contribution >= 4 is 11.9 Å². The van der Waals surface area contributed by atoms with Crippen molar-refractivity contribution in [2.45, 2.75) is 82.4 Å². The largest absolute Gasteiger partial charge is 0.462 e. The standard InChI is InChI=1S/C18H26O6/c1-18(2,24-16(19)11-4-6-13-15(8-11)23-13)17(20)21-9-10-3-5-12-14(7-10)22-12/h10-15H,3-9H2,1-2H3. The average Bonchev–Trinajstić information content (AvgIpc) is 3.44. The van der Waals surface area contributed by atoms with Crippen molar-refractivity contribution in [3.8, 4) is 0 Å². The van der Waals surface area contributed by atoms with Crippen LogP contribution in [0.2, 0.25) is 0 Å². The van der Waals surface area contributed by atoms with Crippen molar-refractivity contribution in [3.05, 3.63) is 0 Å². The van der Waals surface area contributed by atoms with Crippen LogP contribution < -0.4 is 0 Å². The zero-order valence-corrected chi connectivity index (χ0v) is 14.4. The van der Waals surface area contributed by atoms with Gasteiger partial charge in [0.05, 0.1) is 36.9 Å². The van der Waals surface area contributed by atoms with Crippen molar-refractivity contribution < 1.29 is 28.5 Å². The molecule has 0 aromatic heterocycles. The predicted molar refractivity (Wildman–Crippen MR) is 83.1 cm³/mol. The summed E-state index contributed by atoms with van der Waals surface area (Å²) in [6.07, 6.45) is 6.80. The summed E-state index contributed by atoms with van der Waals surface area (Å²) in [5.74, 6) is -0.585. The Morgan fingerprint density at radius 1 is 0.958 bits per heavy atom. The molecule has 0 aromatic carbocycles. The van der Waals surface area contributed by atoms with Crippen molar-refractivity contribution in [1.82, 2.24) is 0 Å². The van der Waals surface area contributed by atoms with Gasteiger partial charge in [0.25, 0.3) is 0 Å². The summed E-state index contributed by atoms with van der Waals surface area (Å²) in [5.41, 5.74) is -1.24. The summed E-state index contributed by atoms with van der Waals surface area (Å²) >= 11 is 0. The van der Waals surface area contributed by atoms with Crippen LogP contribution in [0.1, 0.15) is 52.4 Å². The van der Waals surface area contributed by atoms with Gasteiger partial charge in [-0.2, -0.15) is 0 Å². The Hall–Kier alpha value is -1.14. The van der Waals surface area contributed by atoms with Crippen LogP contribution in [0.4, 0.5) is 0 Å². The minimum Gasteiger partial charge on any atom is -0.462 e. The van der Waals surface area contributed by atoms with E-state index in [1.54, 1.807) is 13.8 Å². The predicted octanol–water partition coefficient (Wildman–Crippen LogP) is 1.99. The molecule has 0 spiro atoms. The van der Waals surface area contributed by atoms with E-state index in [4.69, 9.17) is 18.9 Å².